The second-order valence-corrected chi connectivity index (χ2v) is 6.94. The molecular weight excluding hydrogens is 376 g/mol. The summed E-state index contributed by atoms with van der Waals surface area (Å²) >= 11 is 6.45. The third kappa shape index (κ3) is 3.00. The van der Waals surface area contributed by atoms with Crippen molar-refractivity contribution >= 4 is 23.4 Å². The fourth-order valence-electron chi connectivity index (χ4n) is 3.48. The lowest BCUT2D eigenvalue weighted by molar-refractivity contribution is -0.132. The molecule has 2 aromatic heterocycles. The highest BCUT2D eigenvalue weighted by Crippen LogP contribution is 2.39. The Morgan fingerprint density at radius 3 is 2.54 bits per heavy atom. The number of aromatic nitrogens is 2. The molecule has 6 heteroatoms. The van der Waals surface area contributed by atoms with Crippen LogP contribution >= 0.6 is 11.6 Å². The van der Waals surface area contributed by atoms with Gasteiger partial charge in [-0.2, -0.15) is 0 Å². The van der Waals surface area contributed by atoms with Crippen molar-refractivity contribution in [1.29, 1.82) is 0 Å². The molecule has 28 heavy (non-hydrogen) atoms. The monoisotopic (exact) mass is 390 g/mol. The maximum Gasteiger partial charge on any atom is 0.339 e. The summed E-state index contributed by atoms with van der Waals surface area (Å²) < 4.78 is 0. The molecule has 0 fully saturated rings. The van der Waals surface area contributed by atoms with E-state index in [2.05, 4.69) is 4.98 Å². The van der Waals surface area contributed by atoms with Crippen LogP contribution in [0, 0.1) is 6.92 Å². The van der Waals surface area contributed by atoms with Crippen LogP contribution in [0.3, 0.4) is 0 Å². The number of hydrogen-bond donors (Lipinski definition) is 1. The first-order chi connectivity index (χ1) is 13.5. The Morgan fingerprint density at radius 2 is 1.86 bits per heavy atom. The van der Waals surface area contributed by atoms with Gasteiger partial charge in [0.05, 0.1) is 11.4 Å². The van der Waals surface area contributed by atoms with Gasteiger partial charge < -0.3 is 5.11 Å². The van der Waals surface area contributed by atoms with Crippen molar-refractivity contribution in [2.45, 2.75) is 12.8 Å². The van der Waals surface area contributed by atoms with Gasteiger partial charge in [0, 0.05) is 34.5 Å². The molecule has 3 aromatic rings. The van der Waals surface area contributed by atoms with E-state index < -0.39 is 17.7 Å². The molecule has 0 saturated carbocycles. The van der Waals surface area contributed by atoms with E-state index >= 15 is 0 Å². The maximum atomic E-state index is 12.7. The molecule has 0 spiro atoms. The summed E-state index contributed by atoms with van der Waals surface area (Å²) in [5.74, 6) is -2.34. The number of nitrogens with zero attached hydrogens (tertiary/aromatic N) is 2. The van der Waals surface area contributed by atoms with Crippen LogP contribution in [0.1, 0.15) is 33.1 Å². The third-order valence-corrected chi connectivity index (χ3v) is 5.16. The predicted octanol–water partition coefficient (Wildman–Crippen LogP) is 4.44. The van der Waals surface area contributed by atoms with Crippen molar-refractivity contribution in [3.8, 4) is 11.3 Å². The van der Waals surface area contributed by atoms with E-state index in [0.717, 1.165) is 16.7 Å². The van der Waals surface area contributed by atoms with Gasteiger partial charge in [-0.1, -0.05) is 29.8 Å². The first-order valence-electron chi connectivity index (χ1n) is 8.63. The van der Waals surface area contributed by atoms with Crippen molar-refractivity contribution in [3.05, 3.63) is 93.9 Å². The minimum atomic E-state index is -1.26. The van der Waals surface area contributed by atoms with Gasteiger partial charge in [0.1, 0.15) is 5.57 Å². The smallest absolute Gasteiger partial charge is 0.339 e. The molecule has 0 aliphatic heterocycles. The highest BCUT2D eigenvalue weighted by Gasteiger charge is 2.34. The largest absolute Gasteiger partial charge is 0.478 e. The molecule has 1 N–H and O–H groups in total. The van der Waals surface area contributed by atoms with Crippen molar-refractivity contribution in [2.75, 3.05) is 0 Å². The van der Waals surface area contributed by atoms with Crippen LogP contribution in [-0.2, 0) is 4.79 Å². The molecule has 0 radical (unpaired) electrons. The van der Waals surface area contributed by atoms with Crippen molar-refractivity contribution in [1.82, 2.24) is 9.97 Å². The SMILES string of the molecule is Cc1cccc(Cl)c1C1C=C(C(=O)O)C(=O)c2ccc(-c3ccncc3)nc21. The quantitative estimate of drug-likeness (QED) is 0.668. The number of carbonyl (C=O) groups is 2. The number of carboxylic acid groups (broad SMARTS) is 1. The molecule has 0 saturated heterocycles. The standard InChI is InChI=1S/C22H15ClN2O3/c1-12-3-2-4-17(23)19(12)15-11-16(22(27)28)21(26)14-5-6-18(25-20(14)15)13-7-9-24-10-8-13/h2-11,15H,1H3,(H,27,28). The van der Waals surface area contributed by atoms with Crippen LogP contribution in [0.15, 0.2) is 66.5 Å². The Balaban J connectivity index is 1.97. The highest BCUT2D eigenvalue weighted by molar-refractivity contribution is 6.31. The van der Waals surface area contributed by atoms with E-state index in [1.807, 2.05) is 31.2 Å². The fraction of sp³-hybridized carbons (Fsp3) is 0.0909. The number of allylic oxidation sites excluding steroid dienone is 1. The zero-order chi connectivity index (χ0) is 19.8. The molecule has 4 rings (SSSR count). The third-order valence-electron chi connectivity index (χ3n) is 4.83. The lowest BCUT2D eigenvalue weighted by Gasteiger charge is -2.24. The number of fused-ring (bicyclic) bond motifs is 1. The van der Waals surface area contributed by atoms with Gasteiger partial charge in [0.25, 0.3) is 0 Å². The fourth-order valence-corrected chi connectivity index (χ4v) is 3.82. The number of Topliss-reactive ketones (excluding diaryl/α,β-unsaturated/α-hetero) is 1. The predicted molar refractivity (Wildman–Crippen MR) is 106 cm³/mol. The second kappa shape index (κ2) is 7.02. The van der Waals surface area contributed by atoms with E-state index in [-0.39, 0.29) is 11.1 Å². The summed E-state index contributed by atoms with van der Waals surface area (Å²) in [5.41, 5.74) is 3.69. The number of carbonyl (C=O) groups excluding carboxylic acids is 1. The topological polar surface area (TPSA) is 80.1 Å². The van der Waals surface area contributed by atoms with Crippen LogP contribution in [-0.4, -0.2) is 26.8 Å². The summed E-state index contributed by atoms with van der Waals surface area (Å²) in [4.78, 5) is 33.1. The molecule has 1 aromatic carbocycles. The lowest BCUT2D eigenvalue weighted by Crippen LogP contribution is -2.23. The van der Waals surface area contributed by atoms with E-state index in [0.29, 0.717) is 16.4 Å². The number of pyridine rings is 2. The van der Waals surface area contributed by atoms with Crippen molar-refractivity contribution in [3.63, 3.8) is 0 Å². The van der Waals surface area contributed by atoms with E-state index in [9.17, 15) is 14.7 Å². The molecule has 0 bridgehead atoms. The minimum Gasteiger partial charge on any atom is -0.478 e. The normalized spacial score (nSPS) is 15.7. The van der Waals surface area contributed by atoms with Gasteiger partial charge in [-0.15, -0.1) is 0 Å². The Morgan fingerprint density at radius 1 is 1.11 bits per heavy atom. The van der Waals surface area contributed by atoms with Gasteiger partial charge in [0.15, 0.2) is 0 Å². The lowest BCUT2D eigenvalue weighted by atomic mass is 9.81. The van der Waals surface area contributed by atoms with E-state index in [4.69, 9.17) is 16.6 Å². The highest BCUT2D eigenvalue weighted by atomic mass is 35.5. The second-order valence-electron chi connectivity index (χ2n) is 6.53. The summed E-state index contributed by atoms with van der Waals surface area (Å²) in [6, 6.07) is 12.5. The van der Waals surface area contributed by atoms with Gasteiger partial charge >= 0.3 is 5.97 Å². The zero-order valence-corrected chi connectivity index (χ0v) is 15.6. The van der Waals surface area contributed by atoms with Gasteiger partial charge in [-0.25, -0.2) is 4.79 Å². The Hall–Kier alpha value is -3.31. The van der Waals surface area contributed by atoms with Crippen LogP contribution in [0.5, 0.6) is 0 Å². The number of rotatable bonds is 3. The van der Waals surface area contributed by atoms with Crippen LogP contribution in [0.2, 0.25) is 5.02 Å². The molecule has 138 valence electrons. The summed E-state index contributed by atoms with van der Waals surface area (Å²) in [6.45, 7) is 1.90. The summed E-state index contributed by atoms with van der Waals surface area (Å²) in [7, 11) is 0. The first kappa shape index (κ1) is 18.1. The van der Waals surface area contributed by atoms with E-state index in [1.165, 1.54) is 6.08 Å². The molecule has 5 nitrogen and oxygen atoms in total. The Bertz CT molecular complexity index is 1120. The van der Waals surface area contributed by atoms with Crippen molar-refractivity contribution in [2.24, 2.45) is 0 Å². The number of aryl methyl sites for hydroxylation is 1. The molecule has 2 heterocycles. The number of halogens is 1. The molecule has 1 atom stereocenters. The van der Waals surface area contributed by atoms with Crippen molar-refractivity contribution < 1.29 is 14.7 Å². The number of aliphatic carboxylic acids is 1. The minimum absolute atomic E-state index is 0.268. The molecule has 0 amide bonds. The zero-order valence-electron chi connectivity index (χ0n) is 14.9. The number of benzene rings is 1. The average molecular weight is 391 g/mol. The number of carboxylic acids is 1. The number of ketones is 1. The van der Waals surface area contributed by atoms with Crippen LogP contribution in [0.25, 0.3) is 11.3 Å². The van der Waals surface area contributed by atoms with Crippen LogP contribution in [0.4, 0.5) is 0 Å². The van der Waals surface area contributed by atoms with Crippen LogP contribution < -0.4 is 0 Å². The van der Waals surface area contributed by atoms with Gasteiger partial charge in [0.2, 0.25) is 5.78 Å². The Labute approximate surface area is 166 Å². The first-order valence-corrected chi connectivity index (χ1v) is 9.01. The van der Waals surface area contributed by atoms with E-state index in [1.54, 1.807) is 30.6 Å². The summed E-state index contributed by atoms with van der Waals surface area (Å²) in [6.07, 6.45) is 4.78. The summed E-state index contributed by atoms with van der Waals surface area (Å²) in [5, 5.41) is 10.0. The molecular formula is C22H15ClN2O3. The Kier molecular flexibility index (Phi) is 4.53. The molecule has 1 aliphatic rings. The number of hydrogen-bond acceptors (Lipinski definition) is 4. The average Bonchev–Trinajstić information content (AvgIpc) is 2.69. The van der Waals surface area contributed by atoms with Gasteiger partial charge in [-0.3, -0.25) is 14.8 Å². The molecule has 1 aliphatic carbocycles. The molecule has 1 unspecified atom stereocenters. The maximum absolute atomic E-state index is 12.7. The van der Waals surface area contributed by atoms with Gasteiger partial charge in [-0.05, 0) is 48.4 Å².